The third-order valence-corrected chi connectivity index (χ3v) is 4.38. The molecule has 1 aliphatic carbocycles. The first-order valence-corrected chi connectivity index (χ1v) is 7.61. The Labute approximate surface area is 124 Å². The fourth-order valence-electron chi connectivity index (χ4n) is 2.88. The lowest BCUT2D eigenvalue weighted by Crippen LogP contribution is -2.49. The van der Waals surface area contributed by atoms with Gasteiger partial charge in [-0.25, -0.2) is 5.84 Å². The lowest BCUT2D eigenvalue weighted by atomic mass is 9.77. The molecule has 0 unspecified atom stereocenters. The first-order valence-electron chi connectivity index (χ1n) is 7.61. The number of hydrogen-bond acceptors (Lipinski definition) is 8. The average molecular weight is 293 g/mol. The van der Waals surface area contributed by atoms with Crippen LogP contribution in [0.1, 0.15) is 38.5 Å². The summed E-state index contributed by atoms with van der Waals surface area (Å²) in [5.41, 5.74) is 2.21. The second-order valence-electron chi connectivity index (χ2n) is 5.89. The summed E-state index contributed by atoms with van der Waals surface area (Å²) >= 11 is 0. The van der Waals surface area contributed by atoms with Crippen LogP contribution >= 0.6 is 0 Å². The van der Waals surface area contributed by atoms with Gasteiger partial charge in [0.15, 0.2) is 0 Å². The second-order valence-corrected chi connectivity index (χ2v) is 5.89. The second kappa shape index (κ2) is 5.98. The number of aliphatic hydroxyl groups is 1. The zero-order valence-corrected chi connectivity index (χ0v) is 12.2. The van der Waals surface area contributed by atoms with Gasteiger partial charge in [-0.15, -0.1) is 0 Å². The van der Waals surface area contributed by atoms with Crippen LogP contribution in [0.5, 0.6) is 0 Å². The number of nitrogens with one attached hydrogen (secondary N) is 2. The number of aliphatic hydroxyl groups excluding tert-OH is 1. The Balaban J connectivity index is 1.82. The van der Waals surface area contributed by atoms with E-state index in [1.54, 1.807) is 0 Å². The molecule has 2 heterocycles. The Morgan fingerprint density at radius 3 is 2.33 bits per heavy atom. The quantitative estimate of drug-likeness (QED) is 0.458. The first kappa shape index (κ1) is 14.3. The van der Waals surface area contributed by atoms with E-state index in [1.807, 2.05) is 0 Å². The van der Waals surface area contributed by atoms with Crippen molar-refractivity contribution in [3.63, 3.8) is 0 Å². The maximum absolute atomic E-state index is 9.56. The normalized spacial score (nSPS) is 20.8. The van der Waals surface area contributed by atoms with Crippen LogP contribution in [0, 0.1) is 0 Å². The topological polar surface area (TPSA) is 112 Å². The SMILES string of the molecule is NNc1nc(NC2(CO)CCC2)nc(N2CCCCC2)n1. The smallest absolute Gasteiger partial charge is 0.243 e. The molecule has 0 amide bonds. The van der Waals surface area contributed by atoms with Crippen molar-refractivity contribution in [3.05, 3.63) is 0 Å². The zero-order valence-electron chi connectivity index (χ0n) is 12.2. The van der Waals surface area contributed by atoms with E-state index in [9.17, 15) is 5.11 Å². The minimum atomic E-state index is -0.285. The van der Waals surface area contributed by atoms with E-state index in [-0.39, 0.29) is 12.1 Å². The van der Waals surface area contributed by atoms with Crippen LogP contribution in [0.2, 0.25) is 0 Å². The van der Waals surface area contributed by atoms with Crippen molar-refractivity contribution in [1.29, 1.82) is 0 Å². The van der Waals surface area contributed by atoms with E-state index in [2.05, 4.69) is 30.6 Å². The minimum Gasteiger partial charge on any atom is -0.394 e. The van der Waals surface area contributed by atoms with Gasteiger partial charge in [0.05, 0.1) is 12.1 Å². The van der Waals surface area contributed by atoms with Crippen molar-refractivity contribution < 1.29 is 5.11 Å². The molecule has 0 atom stereocenters. The number of hydrogen-bond donors (Lipinski definition) is 4. The van der Waals surface area contributed by atoms with Crippen molar-refractivity contribution in [2.45, 2.75) is 44.1 Å². The van der Waals surface area contributed by atoms with Gasteiger partial charge in [0, 0.05) is 13.1 Å². The van der Waals surface area contributed by atoms with Gasteiger partial charge in [-0.1, -0.05) is 0 Å². The molecule has 116 valence electrons. The standard InChI is InChI=1S/C13H23N7O/c14-19-11-15-10(18-13(9-21)5-4-6-13)16-12(17-11)20-7-2-1-3-8-20/h21H,1-9,14H2,(H2,15,16,17,18,19). The van der Waals surface area contributed by atoms with Gasteiger partial charge in [-0.3, -0.25) is 5.43 Å². The molecule has 1 aromatic heterocycles. The van der Waals surface area contributed by atoms with Crippen molar-refractivity contribution in [3.8, 4) is 0 Å². The predicted molar refractivity (Wildman–Crippen MR) is 81.0 cm³/mol. The molecule has 0 aromatic carbocycles. The molecular formula is C13H23N7O. The summed E-state index contributed by atoms with van der Waals surface area (Å²) in [5.74, 6) is 6.93. The van der Waals surface area contributed by atoms with Crippen molar-refractivity contribution in [2.24, 2.45) is 5.84 Å². The fourth-order valence-corrected chi connectivity index (χ4v) is 2.88. The first-order chi connectivity index (χ1) is 10.2. The summed E-state index contributed by atoms with van der Waals surface area (Å²) in [5, 5.41) is 12.8. The zero-order chi connectivity index (χ0) is 14.7. The number of hydrazine groups is 1. The molecule has 1 saturated heterocycles. The van der Waals surface area contributed by atoms with Gasteiger partial charge in [-0.05, 0) is 38.5 Å². The number of nitrogens with zero attached hydrogens (tertiary/aromatic N) is 4. The average Bonchev–Trinajstić information content (AvgIpc) is 2.51. The van der Waals surface area contributed by atoms with Crippen molar-refractivity contribution >= 4 is 17.8 Å². The molecule has 2 fully saturated rings. The van der Waals surface area contributed by atoms with Gasteiger partial charge in [0.2, 0.25) is 17.8 Å². The number of rotatable bonds is 5. The molecule has 2 aliphatic rings. The highest BCUT2D eigenvalue weighted by atomic mass is 16.3. The Morgan fingerprint density at radius 1 is 1.05 bits per heavy atom. The maximum Gasteiger partial charge on any atom is 0.243 e. The lowest BCUT2D eigenvalue weighted by Gasteiger charge is -2.41. The number of nitrogens with two attached hydrogens (primary N) is 1. The number of aromatic nitrogens is 3. The molecule has 1 aliphatic heterocycles. The highest BCUT2D eigenvalue weighted by molar-refractivity contribution is 5.45. The third-order valence-electron chi connectivity index (χ3n) is 4.38. The molecule has 1 saturated carbocycles. The van der Waals surface area contributed by atoms with Crippen LogP contribution in [0.4, 0.5) is 17.8 Å². The largest absolute Gasteiger partial charge is 0.394 e. The van der Waals surface area contributed by atoms with Gasteiger partial charge >= 0.3 is 0 Å². The molecule has 3 rings (SSSR count). The third kappa shape index (κ3) is 3.01. The Bertz CT molecular complexity index is 480. The lowest BCUT2D eigenvalue weighted by molar-refractivity contribution is 0.143. The van der Waals surface area contributed by atoms with Gasteiger partial charge in [0.1, 0.15) is 0 Å². The van der Waals surface area contributed by atoms with E-state index in [1.165, 1.54) is 6.42 Å². The van der Waals surface area contributed by atoms with Gasteiger partial charge in [0.25, 0.3) is 0 Å². The number of nitrogen functional groups attached to an aromatic ring is 1. The molecule has 8 nitrogen and oxygen atoms in total. The predicted octanol–water partition coefficient (Wildman–Crippen LogP) is 0.474. The molecule has 0 radical (unpaired) electrons. The summed E-state index contributed by atoms with van der Waals surface area (Å²) < 4.78 is 0. The summed E-state index contributed by atoms with van der Waals surface area (Å²) in [6, 6.07) is 0. The van der Waals surface area contributed by atoms with Crippen LogP contribution in [-0.2, 0) is 0 Å². The summed E-state index contributed by atoms with van der Waals surface area (Å²) in [6.07, 6.45) is 6.53. The van der Waals surface area contributed by atoms with Crippen LogP contribution in [0.3, 0.4) is 0 Å². The van der Waals surface area contributed by atoms with E-state index in [0.29, 0.717) is 17.8 Å². The summed E-state index contributed by atoms with van der Waals surface area (Å²) in [6.45, 7) is 2.00. The Kier molecular flexibility index (Phi) is 4.07. The van der Waals surface area contributed by atoms with Gasteiger partial charge < -0.3 is 15.3 Å². The van der Waals surface area contributed by atoms with E-state index in [4.69, 9.17) is 5.84 Å². The van der Waals surface area contributed by atoms with Crippen LogP contribution in [0.25, 0.3) is 0 Å². The highest BCUT2D eigenvalue weighted by Gasteiger charge is 2.37. The van der Waals surface area contributed by atoms with Crippen molar-refractivity contribution in [1.82, 2.24) is 15.0 Å². The number of piperidine rings is 1. The Hall–Kier alpha value is -1.67. The van der Waals surface area contributed by atoms with Gasteiger partial charge in [-0.2, -0.15) is 15.0 Å². The molecule has 1 aromatic rings. The molecule has 5 N–H and O–H groups in total. The fraction of sp³-hybridized carbons (Fsp3) is 0.769. The number of anilines is 3. The van der Waals surface area contributed by atoms with E-state index in [0.717, 1.165) is 45.2 Å². The van der Waals surface area contributed by atoms with E-state index < -0.39 is 0 Å². The van der Waals surface area contributed by atoms with Crippen molar-refractivity contribution in [2.75, 3.05) is 35.3 Å². The van der Waals surface area contributed by atoms with Crippen LogP contribution in [0.15, 0.2) is 0 Å². The monoisotopic (exact) mass is 293 g/mol. The van der Waals surface area contributed by atoms with Crippen LogP contribution < -0.4 is 21.5 Å². The van der Waals surface area contributed by atoms with Crippen LogP contribution in [-0.4, -0.2) is 45.3 Å². The molecule has 21 heavy (non-hydrogen) atoms. The summed E-state index contributed by atoms with van der Waals surface area (Å²) in [4.78, 5) is 15.3. The Morgan fingerprint density at radius 2 is 1.76 bits per heavy atom. The minimum absolute atomic E-state index is 0.0864. The van der Waals surface area contributed by atoms with E-state index >= 15 is 0 Å². The molecule has 0 bridgehead atoms. The molecular weight excluding hydrogens is 270 g/mol. The highest BCUT2D eigenvalue weighted by Crippen LogP contribution is 2.34. The summed E-state index contributed by atoms with van der Waals surface area (Å²) in [7, 11) is 0. The molecule has 0 spiro atoms. The maximum atomic E-state index is 9.56. The molecule has 8 heteroatoms.